The predicted octanol–water partition coefficient (Wildman–Crippen LogP) is 1.20. The number of nitrogens with zero attached hydrogens (tertiary/aromatic N) is 2. The quantitative estimate of drug-likeness (QED) is 0.436. The molecule has 0 radical (unpaired) electrons. The number of likely N-dealkylation sites (N-methyl/N-ethyl adjacent to an activating group) is 1. The molecule has 1 aromatic rings. The lowest BCUT2D eigenvalue weighted by molar-refractivity contribution is -0.384. The van der Waals surface area contributed by atoms with Crippen molar-refractivity contribution in [1.82, 2.24) is 0 Å². The summed E-state index contributed by atoms with van der Waals surface area (Å²) in [5, 5.41) is 10.7. The Hall–Kier alpha value is -2.11. The Morgan fingerprint density at radius 2 is 2.12 bits per heavy atom. The first kappa shape index (κ1) is 12.0. The number of rotatable bonds is 4. The number of hydrogen-bond donors (Lipinski definition) is 0. The Morgan fingerprint density at radius 3 is 2.69 bits per heavy atom. The average molecular weight is 224 g/mol. The minimum Gasteiger partial charge on any atom is -0.468 e. The number of carbonyl (C=O) groups excluding carboxylic acids is 1. The fraction of sp³-hybridized carbons (Fsp3) is 0.300. The molecule has 0 amide bonds. The number of methoxy groups -OCH3 is 1. The Kier molecular flexibility index (Phi) is 3.82. The van der Waals surface area contributed by atoms with Gasteiger partial charge in [0.25, 0.3) is 5.69 Å². The van der Waals surface area contributed by atoms with Crippen LogP contribution in [0.2, 0.25) is 0 Å². The molecule has 0 saturated carbocycles. The number of benzene rings is 1. The van der Waals surface area contributed by atoms with E-state index in [-0.39, 0.29) is 12.2 Å². The Bertz CT molecular complexity index is 406. The largest absolute Gasteiger partial charge is 0.468 e. The number of carbonyl (C=O) groups is 1. The fourth-order valence-electron chi connectivity index (χ4n) is 1.28. The Balaban J connectivity index is 2.94. The standard InChI is InChI=1S/C10H12N2O4/c1-11(7-10(13)16-2)8-5-3-4-6-9(8)12(14)15/h3-6H,7H2,1-2H3. The highest BCUT2D eigenvalue weighted by Gasteiger charge is 2.17. The highest BCUT2D eigenvalue weighted by molar-refractivity contribution is 5.77. The van der Waals surface area contributed by atoms with Crippen LogP contribution in [-0.4, -0.2) is 31.6 Å². The third kappa shape index (κ3) is 2.69. The molecule has 0 N–H and O–H groups in total. The van der Waals surface area contributed by atoms with Gasteiger partial charge in [-0.05, 0) is 6.07 Å². The molecule has 86 valence electrons. The van der Waals surface area contributed by atoms with Crippen LogP contribution in [0.15, 0.2) is 24.3 Å². The molecule has 6 heteroatoms. The van der Waals surface area contributed by atoms with Crippen LogP contribution in [0.1, 0.15) is 0 Å². The molecular formula is C10H12N2O4. The highest BCUT2D eigenvalue weighted by atomic mass is 16.6. The van der Waals surface area contributed by atoms with E-state index in [1.807, 2.05) is 0 Å². The summed E-state index contributed by atoms with van der Waals surface area (Å²) < 4.78 is 4.49. The van der Waals surface area contributed by atoms with Crippen LogP contribution in [-0.2, 0) is 9.53 Å². The van der Waals surface area contributed by atoms with E-state index < -0.39 is 10.9 Å². The van der Waals surface area contributed by atoms with E-state index in [0.29, 0.717) is 5.69 Å². The van der Waals surface area contributed by atoms with Crippen LogP contribution in [0.3, 0.4) is 0 Å². The highest BCUT2D eigenvalue weighted by Crippen LogP contribution is 2.26. The van der Waals surface area contributed by atoms with Gasteiger partial charge in [-0.2, -0.15) is 0 Å². The molecular weight excluding hydrogens is 212 g/mol. The molecule has 0 unspecified atom stereocenters. The second kappa shape index (κ2) is 5.11. The predicted molar refractivity (Wildman–Crippen MR) is 58.4 cm³/mol. The van der Waals surface area contributed by atoms with Crippen molar-refractivity contribution in [2.24, 2.45) is 0 Å². The summed E-state index contributed by atoms with van der Waals surface area (Å²) in [7, 11) is 2.87. The molecule has 0 saturated heterocycles. The minimum atomic E-state index is -0.483. The van der Waals surface area contributed by atoms with Crippen molar-refractivity contribution >= 4 is 17.3 Å². The number of esters is 1. The van der Waals surface area contributed by atoms with Gasteiger partial charge in [0.05, 0.1) is 12.0 Å². The Morgan fingerprint density at radius 1 is 1.50 bits per heavy atom. The number of nitro benzene ring substituents is 1. The van der Waals surface area contributed by atoms with E-state index in [9.17, 15) is 14.9 Å². The van der Waals surface area contributed by atoms with Gasteiger partial charge in [0.15, 0.2) is 0 Å². The molecule has 1 aromatic carbocycles. The molecule has 0 bridgehead atoms. The number of hydrogen-bond acceptors (Lipinski definition) is 5. The van der Waals surface area contributed by atoms with Gasteiger partial charge in [0.2, 0.25) is 0 Å². The second-order valence-electron chi connectivity index (χ2n) is 3.18. The number of para-hydroxylation sites is 2. The molecule has 0 aliphatic heterocycles. The van der Waals surface area contributed by atoms with Gasteiger partial charge in [-0.25, -0.2) is 0 Å². The summed E-state index contributed by atoms with van der Waals surface area (Å²) in [4.78, 5) is 22.8. The maximum atomic E-state index is 11.0. The van der Waals surface area contributed by atoms with E-state index in [1.165, 1.54) is 18.1 Å². The molecule has 0 aliphatic rings. The van der Waals surface area contributed by atoms with Crippen LogP contribution in [0, 0.1) is 10.1 Å². The molecule has 0 atom stereocenters. The van der Waals surface area contributed by atoms with Gasteiger partial charge < -0.3 is 9.64 Å². The van der Waals surface area contributed by atoms with Crippen molar-refractivity contribution in [3.8, 4) is 0 Å². The number of ether oxygens (including phenoxy) is 1. The first-order chi connectivity index (χ1) is 7.56. The molecule has 16 heavy (non-hydrogen) atoms. The third-order valence-electron chi connectivity index (χ3n) is 2.08. The zero-order valence-corrected chi connectivity index (χ0v) is 9.04. The summed E-state index contributed by atoms with van der Waals surface area (Å²) in [6.07, 6.45) is 0. The van der Waals surface area contributed by atoms with Crippen molar-refractivity contribution in [3.63, 3.8) is 0 Å². The van der Waals surface area contributed by atoms with Crippen molar-refractivity contribution in [2.45, 2.75) is 0 Å². The zero-order valence-electron chi connectivity index (χ0n) is 9.04. The van der Waals surface area contributed by atoms with E-state index in [1.54, 1.807) is 25.2 Å². The normalized spacial score (nSPS) is 9.62. The molecule has 0 fully saturated rings. The molecule has 0 heterocycles. The van der Waals surface area contributed by atoms with Crippen molar-refractivity contribution < 1.29 is 14.5 Å². The zero-order chi connectivity index (χ0) is 12.1. The van der Waals surface area contributed by atoms with Gasteiger partial charge in [-0.3, -0.25) is 14.9 Å². The first-order valence-electron chi connectivity index (χ1n) is 4.57. The van der Waals surface area contributed by atoms with E-state index >= 15 is 0 Å². The van der Waals surface area contributed by atoms with E-state index in [2.05, 4.69) is 4.74 Å². The lowest BCUT2D eigenvalue weighted by Crippen LogP contribution is -2.26. The van der Waals surface area contributed by atoms with Gasteiger partial charge >= 0.3 is 5.97 Å². The molecule has 0 spiro atoms. The van der Waals surface area contributed by atoms with Crippen molar-refractivity contribution in [1.29, 1.82) is 0 Å². The summed E-state index contributed by atoms with van der Waals surface area (Å²) in [6, 6.07) is 6.23. The Labute approximate surface area is 92.6 Å². The van der Waals surface area contributed by atoms with Crippen LogP contribution in [0.4, 0.5) is 11.4 Å². The summed E-state index contributed by atoms with van der Waals surface area (Å²) in [6.45, 7) is -0.0264. The summed E-state index contributed by atoms with van der Waals surface area (Å²) in [5.41, 5.74) is 0.354. The van der Waals surface area contributed by atoms with Crippen molar-refractivity contribution in [3.05, 3.63) is 34.4 Å². The maximum absolute atomic E-state index is 11.0. The van der Waals surface area contributed by atoms with Gasteiger partial charge in [0.1, 0.15) is 12.2 Å². The molecule has 0 aromatic heterocycles. The van der Waals surface area contributed by atoms with Crippen LogP contribution in [0.25, 0.3) is 0 Å². The van der Waals surface area contributed by atoms with Gasteiger partial charge in [-0.15, -0.1) is 0 Å². The third-order valence-corrected chi connectivity index (χ3v) is 2.08. The molecule has 0 aliphatic carbocycles. The average Bonchev–Trinajstić information content (AvgIpc) is 2.28. The monoisotopic (exact) mass is 224 g/mol. The second-order valence-corrected chi connectivity index (χ2v) is 3.18. The topological polar surface area (TPSA) is 72.7 Å². The maximum Gasteiger partial charge on any atom is 0.325 e. The fourth-order valence-corrected chi connectivity index (χ4v) is 1.28. The van der Waals surface area contributed by atoms with E-state index in [0.717, 1.165) is 0 Å². The van der Waals surface area contributed by atoms with Crippen LogP contribution in [0.5, 0.6) is 0 Å². The summed E-state index contributed by atoms with van der Waals surface area (Å²) >= 11 is 0. The van der Waals surface area contributed by atoms with Gasteiger partial charge in [-0.1, -0.05) is 12.1 Å². The SMILES string of the molecule is COC(=O)CN(C)c1ccccc1[N+](=O)[O-]. The minimum absolute atomic E-state index is 0.0264. The molecule has 6 nitrogen and oxygen atoms in total. The smallest absolute Gasteiger partial charge is 0.325 e. The number of nitro groups is 1. The first-order valence-corrected chi connectivity index (χ1v) is 4.57. The molecule has 1 rings (SSSR count). The van der Waals surface area contributed by atoms with Gasteiger partial charge in [0, 0.05) is 13.1 Å². The van der Waals surface area contributed by atoms with Crippen LogP contribution >= 0.6 is 0 Å². The van der Waals surface area contributed by atoms with E-state index in [4.69, 9.17) is 0 Å². The lowest BCUT2D eigenvalue weighted by atomic mass is 10.2. The van der Waals surface area contributed by atoms with Crippen molar-refractivity contribution in [2.75, 3.05) is 25.6 Å². The number of anilines is 1. The summed E-state index contributed by atoms with van der Waals surface area (Å²) in [5.74, 6) is -0.444. The lowest BCUT2D eigenvalue weighted by Gasteiger charge is -2.17. The van der Waals surface area contributed by atoms with Crippen LogP contribution < -0.4 is 4.90 Å².